The quantitative estimate of drug-likeness (QED) is 0.145. The molecule has 5 N–H and O–H groups in total. The zero-order chi connectivity index (χ0) is 43.0. The van der Waals surface area contributed by atoms with Gasteiger partial charge in [-0.15, -0.1) is 0 Å². The molecule has 5 amide bonds. The summed E-state index contributed by atoms with van der Waals surface area (Å²) in [7, 11) is 1.18. The number of amides is 5. The van der Waals surface area contributed by atoms with Crippen LogP contribution in [0.15, 0.2) is 91.1 Å². The van der Waals surface area contributed by atoms with Crippen molar-refractivity contribution in [1.29, 1.82) is 0 Å². The molecule has 316 valence electrons. The number of hydrogen-bond acceptors (Lipinski definition) is 10. The summed E-state index contributed by atoms with van der Waals surface area (Å²) in [6.07, 6.45) is 3.93. The number of hydrogen-bond donors (Lipinski definition) is 5. The fraction of sp³-hybridized carbons (Fsp3) is 0.378. The van der Waals surface area contributed by atoms with E-state index in [1.807, 2.05) is 38.1 Å². The van der Waals surface area contributed by atoms with Crippen LogP contribution in [0.1, 0.15) is 79.8 Å². The van der Waals surface area contributed by atoms with Gasteiger partial charge in [0.2, 0.25) is 29.5 Å². The fourth-order valence-corrected chi connectivity index (χ4v) is 6.97. The Morgan fingerprint density at radius 3 is 2.45 bits per heavy atom. The molecule has 0 aliphatic carbocycles. The van der Waals surface area contributed by atoms with Crippen molar-refractivity contribution in [2.24, 2.45) is 5.92 Å². The summed E-state index contributed by atoms with van der Waals surface area (Å²) in [6, 6.07) is 21.2. The molecule has 0 spiro atoms. The number of benzene rings is 3. The van der Waals surface area contributed by atoms with Gasteiger partial charge in [0.15, 0.2) is 0 Å². The third-order valence-corrected chi connectivity index (χ3v) is 10.5. The molecule has 15 heteroatoms. The van der Waals surface area contributed by atoms with Crippen molar-refractivity contribution in [1.82, 2.24) is 26.3 Å². The SMILES string of the molecule is CC[C@H](C)[C@@H]1NC(=O)CCCCC(CC(=O)Nc2cccc3cccnc23)c2cccc(c2)C(=O)OC[C@@H](C(=O)N[C@@H](Cc2ccccc2)C(=O)OC)NC(=O)CNC1=O. The van der Waals surface area contributed by atoms with Crippen molar-refractivity contribution in [3.05, 3.63) is 108 Å². The molecule has 5 rings (SSSR count). The number of ether oxygens (including phenoxy) is 2. The summed E-state index contributed by atoms with van der Waals surface area (Å²) < 4.78 is 10.5. The smallest absolute Gasteiger partial charge is 0.338 e. The Labute approximate surface area is 348 Å². The number of esters is 2. The first-order valence-electron chi connectivity index (χ1n) is 20.1. The molecule has 1 aliphatic heterocycles. The topological polar surface area (TPSA) is 211 Å². The maximum Gasteiger partial charge on any atom is 0.338 e. The van der Waals surface area contributed by atoms with E-state index in [9.17, 15) is 33.6 Å². The highest BCUT2D eigenvalue weighted by Gasteiger charge is 2.31. The molecule has 0 saturated carbocycles. The van der Waals surface area contributed by atoms with Crippen molar-refractivity contribution in [3.63, 3.8) is 0 Å². The van der Waals surface area contributed by atoms with Crippen LogP contribution in [0.25, 0.3) is 10.9 Å². The second-order valence-electron chi connectivity index (χ2n) is 14.8. The van der Waals surface area contributed by atoms with E-state index in [0.29, 0.717) is 42.5 Å². The van der Waals surface area contributed by atoms with Gasteiger partial charge in [-0.2, -0.15) is 0 Å². The van der Waals surface area contributed by atoms with Crippen molar-refractivity contribution in [2.45, 2.75) is 82.8 Å². The molecule has 15 nitrogen and oxygen atoms in total. The predicted molar refractivity (Wildman–Crippen MR) is 223 cm³/mol. The number of pyridine rings is 1. The van der Waals surface area contributed by atoms with Crippen LogP contribution in [0.5, 0.6) is 0 Å². The second kappa shape index (κ2) is 21.9. The number of methoxy groups -OCH3 is 1. The molecule has 1 aromatic heterocycles. The van der Waals surface area contributed by atoms with E-state index in [-0.39, 0.29) is 48.5 Å². The molecule has 4 aromatic rings. The van der Waals surface area contributed by atoms with Gasteiger partial charge in [-0.05, 0) is 60.1 Å². The minimum atomic E-state index is -1.50. The first-order chi connectivity index (χ1) is 28.9. The molecule has 1 unspecified atom stereocenters. The molecule has 2 bridgehead atoms. The highest BCUT2D eigenvalue weighted by molar-refractivity contribution is 6.00. The maximum atomic E-state index is 13.8. The van der Waals surface area contributed by atoms with Crippen molar-refractivity contribution >= 4 is 58.1 Å². The van der Waals surface area contributed by atoms with E-state index in [2.05, 4.69) is 31.6 Å². The number of para-hydroxylation sites is 1. The lowest BCUT2D eigenvalue weighted by molar-refractivity contribution is -0.145. The van der Waals surface area contributed by atoms with Crippen LogP contribution in [0.2, 0.25) is 0 Å². The molecule has 60 heavy (non-hydrogen) atoms. The van der Waals surface area contributed by atoms with E-state index >= 15 is 0 Å². The van der Waals surface area contributed by atoms with Crippen molar-refractivity contribution in [2.75, 3.05) is 25.6 Å². The summed E-state index contributed by atoms with van der Waals surface area (Å²) in [5, 5.41) is 14.3. The summed E-state index contributed by atoms with van der Waals surface area (Å²) in [5.74, 6) is -5.04. The first kappa shape index (κ1) is 44.5. The Morgan fingerprint density at radius 1 is 0.917 bits per heavy atom. The van der Waals surface area contributed by atoms with Crippen LogP contribution < -0.4 is 26.6 Å². The van der Waals surface area contributed by atoms with E-state index in [1.165, 1.54) is 13.2 Å². The highest BCUT2D eigenvalue weighted by atomic mass is 16.5. The van der Waals surface area contributed by atoms with Crippen LogP contribution in [-0.2, 0) is 44.7 Å². The molecule has 5 atom stereocenters. The molecule has 0 fully saturated rings. The summed E-state index contributed by atoms with van der Waals surface area (Å²) in [6.45, 7) is 2.49. The van der Waals surface area contributed by atoms with E-state index in [1.54, 1.807) is 60.8 Å². The summed E-state index contributed by atoms with van der Waals surface area (Å²) in [4.78, 5) is 98.0. The molecule has 2 heterocycles. The number of rotatable bonds is 10. The van der Waals surface area contributed by atoms with Crippen LogP contribution in [-0.4, -0.2) is 84.8 Å². The van der Waals surface area contributed by atoms with Crippen LogP contribution in [0, 0.1) is 5.92 Å². The lowest BCUT2D eigenvalue weighted by Gasteiger charge is -2.25. The lowest BCUT2D eigenvalue weighted by Crippen LogP contribution is -2.56. The van der Waals surface area contributed by atoms with Gasteiger partial charge < -0.3 is 36.1 Å². The van der Waals surface area contributed by atoms with Crippen LogP contribution >= 0.6 is 0 Å². The Bertz CT molecular complexity index is 2160. The van der Waals surface area contributed by atoms with E-state index in [0.717, 1.165) is 10.9 Å². The van der Waals surface area contributed by atoms with Gasteiger partial charge in [-0.3, -0.25) is 29.0 Å². The number of carbonyl (C=O) groups excluding carboxylic acids is 7. The Balaban J connectivity index is 1.41. The number of cyclic esters (lactones) is 1. The first-order valence-corrected chi connectivity index (χ1v) is 20.1. The number of nitrogens with one attached hydrogen (secondary N) is 5. The molecule has 1 aliphatic rings. The van der Waals surface area contributed by atoms with Gasteiger partial charge in [-0.25, -0.2) is 9.59 Å². The third kappa shape index (κ3) is 12.7. The van der Waals surface area contributed by atoms with Gasteiger partial charge in [0.05, 0.1) is 30.4 Å². The fourth-order valence-electron chi connectivity index (χ4n) is 6.97. The van der Waals surface area contributed by atoms with E-state index < -0.39 is 60.9 Å². The lowest BCUT2D eigenvalue weighted by atomic mass is 9.89. The standard InChI is InChI=1S/C45H52N6O9/c1-4-28(2)40-43(56)47-26-39(54)49-36(42(55)50-35(45(58)59-3)23-29-13-6-5-7-14-29)27-60-44(57)33-18-10-17-31(24-33)32(15-8-9-21-37(52)51-40)25-38(53)48-34-20-11-16-30-19-12-22-46-41(30)34/h5-7,10-14,16-20,22,24,28,32,35-36,40H,4,8-9,15,21,23,25-27H2,1-3H3,(H,47,56)(H,48,53)(H,49,54)(H,50,55)(H,51,52)/t28-,32?,35-,36-,40-/m0/s1. The largest absolute Gasteiger partial charge is 0.467 e. The number of anilines is 1. The normalized spacial score (nSPS) is 19.3. The maximum absolute atomic E-state index is 13.8. The van der Waals surface area contributed by atoms with E-state index in [4.69, 9.17) is 9.47 Å². The Kier molecular flexibility index (Phi) is 16.3. The molecule has 0 saturated heterocycles. The zero-order valence-electron chi connectivity index (χ0n) is 34.0. The van der Waals surface area contributed by atoms with Crippen molar-refractivity contribution < 1.29 is 43.0 Å². The third-order valence-electron chi connectivity index (χ3n) is 10.5. The number of aromatic nitrogens is 1. The second-order valence-corrected chi connectivity index (χ2v) is 14.8. The van der Waals surface area contributed by atoms with Gasteiger partial charge >= 0.3 is 11.9 Å². The van der Waals surface area contributed by atoms with Gasteiger partial charge in [0.25, 0.3) is 0 Å². The van der Waals surface area contributed by atoms with Gasteiger partial charge in [-0.1, -0.05) is 87.4 Å². The van der Waals surface area contributed by atoms with Crippen LogP contribution in [0.4, 0.5) is 5.69 Å². The summed E-state index contributed by atoms with van der Waals surface area (Å²) >= 11 is 0. The molecular formula is C45H52N6O9. The molecule has 0 radical (unpaired) electrons. The summed E-state index contributed by atoms with van der Waals surface area (Å²) in [5.41, 5.74) is 2.74. The van der Waals surface area contributed by atoms with Crippen molar-refractivity contribution in [3.8, 4) is 0 Å². The molecular weight excluding hydrogens is 769 g/mol. The predicted octanol–water partition coefficient (Wildman–Crippen LogP) is 4.11. The number of carbonyl (C=O) groups is 7. The highest BCUT2D eigenvalue weighted by Crippen LogP contribution is 2.29. The molecule has 3 aromatic carbocycles. The van der Waals surface area contributed by atoms with Gasteiger partial charge in [0, 0.05) is 30.8 Å². The van der Waals surface area contributed by atoms with Crippen LogP contribution in [0.3, 0.4) is 0 Å². The average molecular weight is 821 g/mol. The number of nitrogens with zero attached hydrogens (tertiary/aromatic N) is 1. The monoisotopic (exact) mass is 820 g/mol. The average Bonchev–Trinajstić information content (AvgIpc) is 3.26. The Morgan fingerprint density at radius 2 is 1.68 bits per heavy atom. The minimum Gasteiger partial charge on any atom is -0.467 e. The number of fused-ring (bicyclic) bond motifs is 3. The minimum absolute atomic E-state index is 0.0444. The van der Waals surface area contributed by atoms with Gasteiger partial charge in [0.1, 0.15) is 24.7 Å². The zero-order valence-corrected chi connectivity index (χ0v) is 34.0. The Hall–Kier alpha value is -6.64.